The minimum Gasteiger partial charge on any atom is -0.444 e. The van der Waals surface area contributed by atoms with E-state index in [1.54, 1.807) is 21.7 Å². The van der Waals surface area contributed by atoms with Crippen LogP contribution >= 0.6 is 0 Å². The Labute approximate surface area is 211 Å². The molecule has 190 valence electrons. The fourth-order valence-corrected chi connectivity index (χ4v) is 4.42. The predicted molar refractivity (Wildman–Crippen MR) is 137 cm³/mol. The van der Waals surface area contributed by atoms with E-state index in [1.165, 1.54) is 18.3 Å². The monoisotopic (exact) mass is 492 g/mol. The first kappa shape index (κ1) is 25.4. The van der Waals surface area contributed by atoms with E-state index < -0.39 is 5.60 Å². The number of benzene rings is 2. The lowest BCUT2D eigenvalue weighted by molar-refractivity contribution is 0.0203. The minimum absolute atomic E-state index is 0.0463. The standard InChI is InChI=1S/C28H33FN4O3/c1-18-9-10-22(15-19(18)2)31-26(34)24-17-30-33(23-8-6-7-21(29)16-23)25(24)20-11-13-32(14-12-20)27(35)36-28(3,4)5/h6-10,15-17,20H,11-14H2,1-5H3,(H,31,34). The molecule has 36 heavy (non-hydrogen) atoms. The van der Waals surface area contributed by atoms with Gasteiger partial charge in [-0.3, -0.25) is 4.79 Å². The maximum atomic E-state index is 14.0. The molecule has 0 unspecified atom stereocenters. The van der Waals surface area contributed by atoms with Crippen molar-refractivity contribution < 1.29 is 18.7 Å². The Hall–Kier alpha value is -3.68. The zero-order valence-electron chi connectivity index (χ0n) is 21.5. The van der Waals surface area contributed by atoms with Gasteiger partial charge in [-0.2, -0.15) is 5.10 Å². The molecule has 1 aliphatic rings. The molecule has 0 saturated carbocycles. The summed E-state index contributed by atoms with van der Waals surface area (Å²) in [6.45, 7) is 10.5. The van der Waals surface area contributed by atoms with Crippen LogP contribution < -0.4 is 5.32 Å². The van der Waals surface area contributed by atoms with Gasteiger partial charge in [-0.05, 0) is 88.9 Å². The van der Waals surface area contributed by atoms with Gasteiger partial charge in [0.15, 0.2) is 0 Å². The molecule has 4 rings (SSSR count). The number of hydrogen-bond acceptors (Lipinski definition) is 4. The Balaban J connectivity index is 1.62. The van der Waals surface area contributed by atoms with Crippen LogP contribution in [0.25, 0.3) is 5.69 Å². The predicted octanol–water partition coefficient (Wildman–Crippen LogP) is 6.00. The average molecular weight is 493 g/mol. The van der Waals surface area contributed by atoms with Gasteiger partial charge in [-0.25, -0.2) is 13.9 Å². The Bertz CT molecular complexity index is 1270. The summed E-state index contributed by atoms with van der Waals surface area (Å²) in [7, 11) is 0. The van der Waals surface area contributed by atoms with Crippen LogP contribution in [-0.2, 0) is 4.74 Å². The number of carbonyl (C=O) groups is 2. The van der Waals surface area contributed by atoms with E-state index in [-0.39, 0.29) is 23.7 Å². The van der Waals surface area contributed by atoms with E-state index in [9.17, 15) is 14.0 Å². The number of ether oxygens (including phenoxy) is 1. The second-order valence-electron chi connectivity index (χ2n) is 10.3. The molecule has 1 saturated heterocycles. The van der Waals surface area contributed by atoms with Crippen molar-refractivity contribution in [3.8, 4) is 5.69 Å². The smallest absolute Gasteiger partial charge is 0.410 e. The second-order valence-corrected chi connectivity index (χ2v) is 10.3. The lowest BCUT2D eigenvalue weighted by Crippen LogP contribution is -2.41. The number of rotatable bonds is 4. The number of aromatic nitrogens is 2. The first-order valence-corrected chi connectivity index (χ1v) is 12.2. The fraction of sp³-hybridized carbons (Fsp3) is 0.393. The summed E-state index contributed by atoms with van der Waals surface area (Å²) in [6.07, 6.45) is 2.46. The molecule has 2 amide bonds. The highest BCUT2D eigenvalue weighted by atomic mass is 19.1. The summed E-state index contributed by atoms with van der Waals surface area (Å²) in [5.41, 5.74) is 4.06. The van der Waals surface area contributed by atoms with Gasteiger partial charge in [0.05, 0.1) is 23.1 Å². The molecule has 1 fully saturated rings. The first-order chi connectivity index (χ1) is 17.0. The van der Waals surface area contributed by atoms with Crippen LogP contribution in [0, 0.1) is 19.7 Å². The molecule has 1 aliphatic heterocycles. The zero-order valence-corrected chi connectivity index (χ0v) is 21.5. The molecule has 0 radical (unpaired) electrons. The van der Waals surface area contributed by atoms with Crippen molar-refractivity contribution in [3.05, 3.63) is 76.9 Å². The Kier molecular flexibility index (Phi) is 7.15. The number of piperidine rings is 1. The number of hydrogen-bond donors (Lipinski definition) is 1. The average Bonchev–Trinajstić information content (AvgIpc) is 3.26. The Morgan fingerprint density at radius 3 is 2.42 bits per heavy atom. The van der Waals surface area contributed by atoms with Crippen LogP contribution in [0.15, 0.2) is 48.7 Å². The van der Waals surface area contributed by atoms with Gasteiger partial charge in [-0.1, -0.05) is 12.1 Å². The largest absolute Gasteiger partial charge is 0.444 e. The molecule has 2 heterocycles. The van der Waals surface area contributed by atoms with Crippen LogP contribution in [-0.4, -0.2) is 45.4 Å². The zero-order chi connectivity index (χ0) is 26.0. The summed E-state index contributed by atoms with van der Waals surface area (Å²) in [6, 6.07) is 11.9. The molecule has 7 nitrogen and oxygen atoms in total. The van der Waals surface area contributed by atoms with Gasteiger partial charge < -0.3 is 15.0 Å². The number of halogens is 1. The fourth-order valence-electron chi connectivity index (χ4n) is 4.42. The van der Waals surface area contributed by atoms with Crippen molar-refractivity contribution in [3.63, 3.8) is 0 Å². The van der Waals surface area contributed by atoms with Crippen molar-refractivity contribution in [1.82, 2.24) is 14.7 Å². The summed E-state index contributed by atoms with van der Waals surface area (Å²) < 4.78 is 21.2. The van der Waals surface area contributed by atoms with E-state index in [0.717, 1.165) is 11.1 Å². The molecule has 1 N–H and O–H groups in total. The van der Waals surface area contributed by atoms with Crippen molar-refractivity contribution in [1.29, 1.82) is 0 Å². The quantitative estimate of drug-likeness (QED) is 0.485. The van der Waals surface area contributed by atoms with Crippen LogP contribution in [0.1, 0.15) is 66.7 Å². The summed E-state index contributed by atoms with van der Waals surface area (Å²) in [4.78, 5) is 27.6. The molecular weight excluding hydrogens is 459 g/mol. The molecule has 2 aromatic carbocycles. The number of nitrogens with zero attached hydrogens (tertiary/aromatic N) is 3. The van der Waals surface area contributed by atoms with Gasteiger partial charge in [0.25, 0.3) is 5.91 Å². The molecule has 8 heteroatoms. The van der Waals surface area contributed by atoms with Crippen LogP contribution in [0.2, 0.25) is 0 Å². The summed E-state index contributed by atoms with van der Waals surface area (Å²) >= 11 is 0. The molecule has 0 bridgehead atoms. The van der Waals surface area contributed by atoms with Gasteiger partial charge >= 0.3 is 6.09 Å². The summed E-state index contributed by atoms with van der Waals surface area (Å²) in [5.74, 6) is -0.699. The lowest BCUT2D eigenvalue weighted by Gasteiger charge is -2.34. The van der Waals surface area contributed by atoms with Crippen molar-refractivity contribution in [2.45, 2.75) is 59.0 Å². The number of aryl methyl sites for hydroxylation is 2. The highest BCUT2D eigenvalue weighted by Crippen LogP contribution is 2.33. The minimum atomic E-state index is -0.566. The first-order valence-electron chi connectivity index (χ1n) is 12.2. The molecule has 0 spiro atoms. The van der Waals surface area contributed by atoms with Gasteiger partial charge in [0, 0.05) is 24.7 Å². The molecular formula is C28H33FN4O3. The lowest BCUT2D eigenvalue weighted by atomic mass is 9.90. The van der Waals surface area contributed by atoms with Crippen LogP contribution in [0.5, 0.6) is 0 Å². The second kappa shape index (κ2) is 10.1. The summed E-state index contributed by atoms with van der Waals surface area (Å²) in [5, 5.41) is 7.47. The Morgan fingerprint density at radius 2 is 1.78 bits per heavy atom. The maximum absolute atomic E-state index is 14.0. The topological polar surface area (TPSA) is 76.5 Å². The number of carbonyl (C=O) groups excluding carboxylic acids is 2. The molecule has 0 atom stereocenters. The number of likely N-dealkylation sites (tertiary alicyclic amines) is 1. The number of nitrogens with one attached hydrogen (secondary N) is 1. The SMILES string of the molecule is Cc1ccc(NC(=O)c2cnn(-c3cccc(F)c3)c2C2CCN(C(=O)OC(C)(C)C)CC2)cc1C. The molecule has 0 aliphatic carbocycles. The maximum Gasteiger partial charge on any atom is 0.410 e. The van der Waals surface area contributed by atoms with Crippen molar-refractivity contribution in [2.24, 2.45) is 0 Å². The van der Waals surface area contributed by atoms with Crippen LogP contribution in [0.4, 0.5) is 14.9 Å². The number of amides is 2. The Morgan fingerprint density at radius 1 is 1.06 bits per heavy atom. The highest BCUT2D eigenvalue weighted by molar-refractivity contribution is 6.05. The van der Waals surface area contributed by atoms with Crippen molar-refractivity contribution >= 4 is 17.7 Å². The third-order valence-corrected chi connectivity index (χ3v) is 6.40. The van der Waals surface area contributed by atoms with E-state index in [1.807, 2.05) is 52.8 Å². The van der Waals surface area contributed by atoms with Gasteiger partial charge in [0.2, 0.25) is 0 Å². The van der Waals surface area contributed by atoms with Gasteiger partial charge in [0.1, 0.15) is 11.4 Å². The van der Waals surface area contributed by atoms with Crippen molar-refractivity contribution in [2.75, 3.05) is 18.4 Å². The van der Waals surface area contributed by atoms with E-state index in [2.05, 4.69) is 10.4 Å². The van der Waals surface area contributed by atoms with Gasteiger partial charge in [-0.15, -0.1) is 0 Å². The third kappa shape index (κ3) is 5.75. The number of anilines is 1. The normalized spacial score (nSPS) is 14.6. The van der Waals surface area contributed by atoms with E-state index in [0.29, 0.717) is 48.6 Å². The molecule has 1 aromatic heterocycles. The van der Waals surface area contributed by atoms with E-state index >= 15 is 0 Å². The molecule has 3 aromatic rings. The highest BCUT2D eigenvalue weighted by Gasteiger charge is 2.32. The third-order valence-electron chi connectivity index (χ3n) is 6.40. The van der Waals surface area contributed by atoms with Crippen LogP contribution in [0.3, 0.4) is 0 Å². The van der Waals surface area contributed by atoms with E-state index in [4.69, 9.17) is 4.74 Å².